The Balaban J connectivity index is 1.46. The molecule has 1 aromatic carbocycles. The van der Waals surface area contributed by atoms with Crippen LogP contribution in [0, 0.1) is 11.8 Å². The lowest BCUT2D eigenvalue weighted by atomic mass is 9.97. The van der Waals surface area contributed by atoms with E-state index in [1.807, 2.05) is 0 Å². The minimum Gasteiger partial charge on any atom is -0.462 e. The number of ether oxygens (including phenoxy) is 1. The van der Waals surface area contributed by atoms with E-state index in [-0.39, 0.29) is 23.3 Å². The first-order valence-corrected chi connectivity index (χ1v) is 13.5. The number of rotatable bonds is 9. The number of likely N-dealkylation sites (tertiary alicyclic amines) is 1. The maximum absolute atomic E-state index is 13.0. The molecular formula is C24H37N3O5S. The molecule has 3 rings (SSSR count). The zero-order chi connectivity index (χ0) is 23.8. The number of piperidine rings is 2. The molecule has 1 aromatic rings. The second-order valence-electron chi connectivity index (χ2n) is 9.13. The van der Waals surface area contributed by atoms with Crippen molar-refractivity contribution in [3.63, 3.8) is 0 Å². The number of amides is 1. The normalized spacial score (nSPS) is 19.7. The highest BCUT2D eigenvalue weighted by molar-refractivity contribution is 7.89. The van der Waals surface area contributed by atoms with Crippen molar-refractivity contribution in [2.45, 2.75) is 50.8 Å². The molecule has 2 aliphatic rings. The van der Waals surface area contributed by atoms with Gasteiger partial charge in [0.25, 0.3) is 0 Å². The predicted molar refractivity (Wildman–Crippen MR) is 126 cm³/mol. The van der Waals surface area contributed by atoms with Gasteiger partial charge in [-0.3, -0.25) is 4.79 Å². The Morgan fingerprint density at radius 3 is 2.30 bits per heavy atom. The third-order valence-corrected chi connectivity index (χ3v) is 8.38. The van der Waals surface area contributed by atoms with Gasteiger partial charge >= 0.3 is 5.97 Å². The molecule has 2 aliphatic heterocycles. The van der Waals surface area contributed by atoms with E-state index in [2.05, 4.69) is 17.1 Å². The Hall–Kier alpha value is -1.97. The molecule has 0 spiro atoms. The largest absolute Gasteiger partial charge is 0.462 e. The number of benzene rings is 1. The molecule has 2 saturated heterocycles. The molecule has 1 unspecified atom stereocenters. The lowest BCUT2D eigenvalue weighted by molar-refractivity contribution is -0.126. The van der Waals surface area contributed by atoms with E-state index >= 15 is 0 Å². The maximum atomic E-state index is 13.0. The van der Waals surface area contributed by atoms with E-state index in [1.54, 1.807) is 6.92 Å². The fraction of sp³-hybridized carbons (Fsp3) is 0.667. The summed E-state index contributed by atoms with van der Waals surface area (Å²) in [6.07, 6.45) is 4.85. The van der Waals surface area contributed by atoms with Crippen molar-refractivity contribution < 1.29 is 22.7 Å². The Labute approximate surface area is 197 Å². The topological polar surface area (TPSA) is 96.0 Å². The van der Waals surface area contributed by atoms with Crippen molar-refractivity contribution in [2.24, 2.45) is 11.8 Å². The summed E-state index contributed by atoms with van der Waals surface area (Å²) in [4.78, 5) is 27.0. The van der Waals surface area contributed by atoms with Crippen LogP contribution in [-0.2, 0) is 19.6 Å². The summed E-state index contributed by atoms with van der Waals surface area (Å²) in [5.41, 5.74) is 0.320. The number of nitrogens with zero attached hydrogens (tertiary/aromatic N) is 2. The van der Waals surface area contributed by atoms with E-state index in [1.165, 1.54) is 47.8 Å². The van der Waals surface area contributed by atoms with E-state index < -0.39 is 16.0 Å². The number of sulfonamides is 1. The van der Waals surface area contributed by atoms with Gasteiger partial charge in [-0.2, -0.15) is 4.31 Å². The van der Waals surface area contributed by atoms with Crippen LogP contribution in [-0.4, -0.2) is 75.4 Å². The fourth-order valence-corrected chi connectivity index (χ4v) is 6.02. The molecule has 9 heteroatoms. The number of esters is 1. The number of carbonyl (C=O) groups is 2. The van der Waals surface area contributed by atoms with Crippen molar-refractivity contribution >= 4 is 21.9 Å². The molecule has 8 nitrogen and oxygen atoms in total. The average molecular weight is 480 g/mol. The first kappa shape index (κ1) is 25.6. The Kier molecular flexibility index (Phi) is 9.28. The molecule has 1 atom stereocenters. The summed E-state index contributed by atoms with van der Waals surface area (Å²) >= 11 is 0. The molecule has 2 fully saturated rings. The quantitative estimate of drug-likeness (QED) is 0.547. The van der Waals surface area contributed by atoms with Crippen molar-refractivity contribution in [2.75, 3.05) is 45.9 Å². The maximum Gasteiger partial charge on any atom is 0.338 e. The second-order valence-corrected chi connectivity index (χ2v) is 11.1. The minimum absolute atomic E-state index is 0.0244. The van der Waals surface area contributed by atoms with Crippen LogP contribution in [0.4, 0.5) is 0 Å². The molecule has 33 heavy (non-hydrogen) atoms. The van der Waals surface area contributed by atoms with Crippen LogP contribution in [0.2, 0.25) is 0 Å². The lowest BCUT2D eigenvalue weighted by Gasteiger charge is -2.31. The highest BCUT2D eigenvalue weighted by atomic mass is 32.2. The van der Waals surface area contributed by atoms with Crippen molar-refractivity contribution in [1.82, 2.24) is 14.5 Å². The number of hydrogen-bond donors (Lipinski definition) is 1. The SMILES string of the molecule is CCOC(=O)c1ccc(S(=O)(=O)N2CCC(C(=O)NCC(C)CN3CCCCC3)CC2)cc1. The summed E-state index contributed by atoms with van der Waals surface area (Å²) in [7, 11) is -3.66. The summed E-state index contributed by atoms with van der Waals surface area (Å²) in [5, 5.41) is 3.08. The van der Waals surface area contributed by atoms with Crippen molar-refractivity contribution in [1.29, 1.82) is 0 Å². The zero-order valence-electron chi connectivity index (χ0n) is 19.8. The third kappa shape index (κ3) is 7.01. The van der Waals surface area contributed by atoms with Gasteiger partial charge in [0.2, 0.25) is 15.9 Å². The highest BCUT2D eigenvalue weighted by Crippen LogP contribution is 2.24. The van der Waals surface area contributed by atoms with E-state index in [0.29, 0.717) is 44.0 Å². The van der Waals surface area contributed by atoms with Crippen molar-refractivity contribution in [3.8, 4) is 0 Å². The summed E-state index contributed by atoms with van der Waals surface area (Å²) < 4.78 is 32.3. The molecule has 0 radical (unpaired) electrons. The zero-order valence-corrected chi connectivity index (χ0v) is 20.6. The van der Waals surface area contributed by atoms with E-state index in [4.69, 9.17) is 4.74 Å². The molecule has 184 valence electrons. The van der Waals surface area contributed by atoms with Gasteiger partial charge in [-0.15, -0.1) is 0 Å². The summed E-state index contributed by atoms with van der Waals surface area (Å²) in [6, 6.07) is 5.81. The Bertz CT molecular complexity index is 889. The van der Waals surface area contributed by atoms with Gasteiger partial charge in [0, 0.05) is 32.1 Å². The summed E-state index contributed by atoms with van der Waals surface area (Å²) in [5.74, 6) is -0.218. The molecule has 0 aromatic heterocycles. The smallest absolute Gasteiger partial charge is 0.338 e. The number of nitrogens with one attached hydrogen (secondary N) is 1. The highest BCUT2D eigenvalue weighted by Gasteiger charge is 2.32. The number of hydrogen-bond acceptors (Lipinski definition) is 6. The van der Waals surface area contributed by atoms with Crippen LogP contribution in [0.1, 0.15) is 56.3 Å². The molecule has 1 amide bonds. The van der Waals surface area contributed by atoms with Crippen LogP contribution < -0.4 is 5.32 Å². The molecule has 1 N–H and O–H groups in total. The van der Waals surface area contributed by atoms with E-state index in [9.17, 15) is 18.0 Å². The van der Waals surface area contributed by atoms with Gasteiger partial charge in [-0.25, -0.2) is 13.2 Å². The monoisotopic (exact) mass is 479 g/mol. The van der Waals surface area contributed by atoms with Crippen molar-refractivity contribution in [3.05, 3.63) is 29.8 Å². The minimum atomic E-state index is -3.66. The second kappa shape index (κ2) is 11.9. The van der Waals surface area contributed by atoms with Crippen LogP contribution in [0.5, 0.6) is 0 Å². The molecule has 0 saturated carbocycles. The van der Waals surface area contributed by atoms with Gasteiger partial charge in [0.05, 0.1) is 17.1 Å². The fourth-order valence-electron chi connectivity index (χ4n) is 4.55. The molecule has 2 heterocycles. The van der Waals surface area contributed by atoms with Gasteiger partial charge < -0.3 is 15.0 Å². The number of carbonyl (C=O) groups excluding carboxylic acids is 2. The van der Waals surface area contributed by atoms with Crippen LogP contribution in [0.15, 0.2) is 29.2 Å². The molecule has 0 aliphatic carbocycles. The van der Waals surface area contributed by atoms with Crippen LogP contribution in [0.3, 0.4) is 0 Å². The first-order chi connectivity index (χ1) is 15.8. The van der Waals surface area contributed by atoms with Gasteiger partial charge in [0.1, 0.15) is 0 Å². The predicted octanol–water partition coefficient (Wildman–Crippen LogP) is 2.50. The van der Waals surface area contributed by atoms with Gasteiger partial charge in [-0.05, 0) is 75.9 Å². The average Bonchev–Trinajstić information content (AvgIpc) is 2.83. The Morgan fingerprint density at radius 1 is 1.06 bits per heavy atom. The lowest BCUT2D eigenvalue weighted by Crippen LogP contribution is -2.44. The third-order valence-electron chi connectivity index (χ3n) is 6.47. The standard InChI is InChI=1S/C24H37N3O5S/c1-3-32-24(29)21-7-9-22(10-8-21)33(30,31)27-15-11-20(12-16-27)23(28)25-17-19(2)18-26-13-5-4-6-14-26/h7-10,19-20H,3-6,11-18H2,1-2H3,(H,25,28). The van der Waals surface area contributed by atoms with E-state index in [0.717, 1.165) is 19.6 Å². The first-order valence-electron chi connectivity index (χ1n) is 12.1. The van der Waals surface area contributed by atoms with Gasteiger partial charge in [0.15, 0.2) is 0 Å². The molecular weight excluding hydrogens is 442 g/mol. The Morgan fingerprint density at radius 2 is 1.70 bits per heavy atom. The van der Waals surface area contributed by atoms with Crippen LogP contribution in [0.25, 0.3) is 0 Å². The molecule has 0 bridgehead atoms. The summed E-state index contributed by atoms with van der Waals surface area (Å²) in [6.45, 7) is 8.72. The van der Waals surface area contributed by atoms with Gasteiger partial charge in [-0.1, -0.05) is 13.3 Å². The van der Waals surface area contributed by atoms with Crippen LogP contribution >= 0.6 is 0 Å².